The standard InChI is InChI=1S/C11H14O2S/c1-10(2)8-9-14(12,13)11-6-4-3-5-7-11/h3-7H,1,8-9H2,2H3. The van der Waals surface area contributed by atoms with Gasteiger partial charge in [-0.1, -0.05) is 23.8 Å². The molecule has 0 saturated carbocycles. The molecule has 2 nitrogen and oxygen atoms in total. The Labute approximate surface area is 85.2 Å². The molecule has 76 valence electrons. The Bertz CT molecular complexity index is 404. The first kappa shape index (κ1) is 11.0. The van der Waals surface area contributed by atoms with Crippen LogP contribution in [0.3, 0.4) is 0 Å². The lowest BCUT2D eigenvalue weighted by Crippen LogP contribution is -2.06. The summed E-state index contributed by atoms with van der Waals surface area (Å²) in [5.74, 6) is 0.145. The summed E-state index contributed by atoms with van der Waals surface area (Å²) in [5.41, 5.74) is 0.893. The van der Waals surface area contributed by atoms with E-state index in [9.17, 15) is 8.42 Å². The summed E-state index contributed by atoms with van der Waals surface area (Å²) in [6.45, 7) is 5.52. The van der Waals surface area contributed by atoms with E-state index in [0.717, 1.165) is 5.57 Å². The van der Waals surface area contributed by atoms with E-state index in [2.05, 4.69) is 6.58 Å². The smallest absolute Gasteiger partial charge is 0.178 e. The van der Waals surface area contributed by atoms with Crippen molar-refractivity contribution in [2.24, 2.45) is 0 Å². The predicted molar refractivity (Wildman–Crippen MR) is 57.9 cm³/mol. The third-order valence-corrected chi connectivity index (χ3v) is 3.63. The van der Waals surface area contributed by atoms with Crippen LogP contribution >= 0.6 is 0 Å². The number of hydrogen-bond donors (Lipinski definition) is 0. The van der Waals surface area contributed by atoms with Crippen molar-refractivity contribution >= 4 is 9.84 Å². The first-order valence-corrected chi connectivity index (χ1v) is 6.10. The van der Waals surface area contributed by atoms with Gasteiger partial charge in [-0.2, -0.15) is 0 Å². The van der Waals surface area contributed by atoms with Gasteiger partial charge in [0.05, 0.1) is 10.6 Å². The zero-order valence-electron chi connectivity index (χ0n) is 8.23. The van der Waals surface area contributed by atoms with Gasteiger partial charge in [0.25, 0.3) is 0 Å². The van der Waals surface area contributed by atoms with Crippen LogP contribution in [0.5, 0.6) is 0 Å². The zero-order valence-corrected chi connectivity index (χ0v) is 9.05. The van der Waals surface area contributed by atoms with Gasteiger partial charge in [0.2, 0.25) is 0 Å². The van der Waals surface area contributed by atoms with Gasteiger partial charge in [-0.25, -0.2) is 8.42 Å². The van der Waals surface area contributed by atoms with E-state index in [1.54, 1.807) is 30.3 Å². The molecule has 0 fully saturated rings. The molecule has 0 aromatic heterocycles. The van der Waals surface area contributed by atoms with Gasteiger partial charge in [0, 0.05) is 0 Å². The maximum absolute atomic E-state index is 11.7. The van der Waals surface area contributed by atoms with Crippen molar-refractivity contribution in [2.75, 3.05) is 5.75 Å². The molecule has 0 spiro atoms. The van der Waals surface area contributed by atoms with Gasteiger partial charge in [0.1, 0.15) is 0 Å². The van der Waals surface area contributed by atoms with Crippen molar-refractivity contribution in [1.82, 2.24) is 0 Å². The fourth-order valence-corrected chi connectivity index (χ4v) is 2.48. The highest BCUT2D eigenvalue weighted by Gasteiger charge is 2.12. The summed E-state index contributed by atoms with van der Waals surface area (Å²) in [6, 6.07) is 8.50. The van der Waals surface area contributed by atoms with Gasteiger partial charge < -0.3 is 0 Å². The minimum atomic E-state index is -3.12. The van der Waals surface area contributed by atoms with E-state index in [1.807, 2.05) is 6.92 Å². The molecule has 1 aromatic carbocycles. The predicted octanol–water partition coefficient (Wildman–Crippen LogP) is 2.43. The van der Waals surface area contributed by atoms with Crippen molar-refractivity contribution in [2.45, 2.75) is 18.2 Å². The third-order valence-electron chi connectivity index (χ3n) is 1.90. The molecule has 0 unspecified atom stereocenters. The van der Waals surface area contributed by atoms with Crippen LogP contribution in [0.2, 0.25) is 0 Å². The van der Waals surface area contributed by atoms with E-state index >= 15 is 0 Å². The summed E-state index contributed by atoms with van der Waals surface area (Å²) >= 11 is 0. The molecule has 0 N–H and O–H groups in total. The number of benzene rings is 1. The average Bonchev–Trinajstić information content (AvgIpc) is 2.16. The highest BCUT2D eigenvalue weighted by atomic mass is 32.2. The van der Waals surface area contributed by atoms with Gasteiger partial charge in [-0.05, 0) is 25.5 Å². The average molecular weight is 210 g/mol. The molecule has 1 rings (SSSR count). The van der Waals surface area contributed by atoms with Crippen molar-refractivity contribution in [1.29, 1.82) is 0 Å². The van der Waals surface area contributed by atoms with Crippen LogP contribution in [-0.2, 0) is 9.84 Å². The SMILES string of the molecule is C=C(C)CCS(=O)(=O)c1ccccc1. The van der Waals surface area contributed by atoms with E-state index in [0.29, 0.717) is 11.3 Å². The summed E-state index contributed by atoms with van der Waals surface area (Å²) in [6.07, 6.45) is 0.525. The lowest BCUT2D eigenvalue weighted by molar-refractivity contribution is 0.595. The lowest BCUT2D eigenvalue weighted by Gasteiger charge is -2.03. The van der Waals surface area contributed by atoms with E-state index in [-0.39, 0.29) is 5.75 Å². The van der Waals surface area contributed by atoms with E-state index in [1.165, 1.54) is 0 Å². The van der Waals surface area contributed by atoms with Crippen LogP contribution in [-0.4, -0.2) is 14.2 Å². The van der Waals surface area contributed by atoms with Crippen molar-refractivity contribution < 1.29 is 8.42 Å². The van der Waals surface area contributed by atoms with Crippen LogP contribution in [0.15, 0.2) is 47.4 Å². The molecule has 0 aliphatic carbocycles. The fraction of sp³-hybridized carbons (Fsp3) is 0.273. The van der Waals surface area contributed by atoms with E-state index < -0.39 is 9.84 Å². The molecule has 0 aliphatic heterocycles. The molecule has 0 radical (unpaired) electrons. The molecule has 0 amide bonds. The van der Waals surface area contributed by atoms with Gasteiger partial charge in [-0.15, -0.1) is 6.58 Å². The maximum atomic E-state index is 11.7. The summed E-state index contributed by atoms with van der Waals surface area (Å²) < 4.78 is 23.4. The third kappa shape index (κ3) is 3.00. The van der Waals surface area contributed by atoms with Crippen molar-refractivity contribution in [3.63, 3.8) is 0 Å². The minimum Gasteiger partial charge on any atom is -0.224 e. The van der Waals surface area contributed by atoms with Crippen molar-refractivity contribution in [3.8, 4) is 0 Å². The highest BCUT2D eigenvalue weighted by molar-refractivity contribution is 7.91. The summed E-state index contributed by atoms with van der Waals surface area (Å²) in [7, 11) is -3.12. The van der Waals surface area contributed by atoms with Crippen LogP contribution < -0.4 is 0 Å². The van der Waals surface area contributed by atoms with Crippen LogP contribution in [0.4, 0.5) is 0 Å². The van der Waals surface area contributed by atoms with Gasteiger partial charge >= 0.3 is 0 Å². The Morgan fingerprint density at radius 2 is 1.86 bits per heavy atom. The van der Waals surface area contributed by atoms with Crippen LogP contribution in [0.1, 0.15) is 13.3 Å². The topological polar surface area (TPSA) is 34.1 Å². The van der Waals surface area contributed by atoms with Crippen LogP contribution in [0.25, 0.3) is 0 Å². The molecule has 0 heterocycles. The molecule has 1 aromatic rings. The lowest BCUT2D eigenvalue weighted by atomic mass is 10.3. The second-order valence-corrected chi connectivity index (χ2v) is 5.45. The first-order chi connectivity index (χ1) is 6.52. The molecule has 0 bridgehead atoms. The molecule has 0 atom stereocenters. The highest BCUT2D eigenvalue weighted by Crippen LogP contribution is 2.12. The van der Waals surface area contributed by atoms with Crippen molar-refractivity contribution in [3.05, 3.63) is 42.5 Å². The number of hydrogen-bond acceptors (Lipinski definition) is 2. The maximum Gasteiger partial charge on any atom is 0.178 e. The Kier molecular flexibility index (Phi) is 3.47. The second kappa shape index (κ2) is 4.42. The van der Waals surface area contributed by atoms with Gasteiger partial charge in [-0.3, -0.25) is 0 Å². The number of rotatable bonds is 4. The Hall–Kier alpha value is -1.09. The Morgan fingerprint density at radius 1 is 1.29 bits per heavy atom. The van der Waals surface area contributed by atoms with Crippen LogP contribution in [0, 0.1) is 0 Å². The molecule has 0 saturated heterocycles. The second-order valence-electron chi connectivity index (χ2n) is 3.34. The molecule has 3 heteroatoms. The normalized spacial score (nSPS) is 11.2. The molecule has 14 heavy (non-hydrogen) atoms. The fourth-order valence-electron chi connectivity index (χ4n) is 1.05. The van der Waals surface area contributed by atoms with Gasteiger partial charge in [0.15, 0.2) is 9.84 Å². The molecular weight excluding hydrogens is 196 g/mol. The Morgan fingerprint density at radius 3 is 2.36 bits per heavy atom. The van der Waals surface area contributed by atoms with E-state index in [4.69, 9.17) is 0 Å². The quantitative estimate of drug-likeness (QED) is 0.715. The first-order valence-electron chi connectivity index (χ1n) is 4.44. The number of allylic oxidation sites excluding steroid dienone is 1. The largest absolute Gasteiger partial charge is 0.224 e. The minimum absolute atomic E-state index is 0.145. The summed E-state index contributed by atoms with van der Waals surface area (Å²) in [5, 5.41) is 0. The Balaban J connectivity index is 2.82. The zero-order chi connectivity index (χ0) is 10.6. The molecular formula is C11H14O2S. The molecule has 0 aliphatic rings. The summed E-state index contributed by atoms with van der Waals surface area (Å²) in [4.78, 5) is 0.390. The monoisotopic (exact) mass is 210 g/mol. The number of sulfone groups is 1.